The number of hydrogen-bond acceptors (Lipinski definition) is 8. The summed E-state index contributed by atoms with van der Waals surface area (Å²) in [6, 6.07) is 8.87. The van der Waals surface area contributed by atoms with Gasteiger partial charge in [-0.25, -0.2) is 4.79 Å². The van der Waals surface area contributed by atoms with E-state index in [2.05, 4.69) is 10.1 Å². The molecule has 0 aliphatic carbocycles. The SMILES string of the molecule is O=C[C@@H](OC(=O)CNC(=O)OCc1ccccc1)[C@H](O)[C@H](O)CO. The van der Waals surface area contributed by atoms with Crippen molar-refractivity contribution < 1.29 is 39.2 Å². The van der Waals surface area contributed by atoms with E-state index in [4.69, 9.17) is 9.84 Å². The Morgan fingerprint density at radius 1 is 1.21 bits per heavy atom. The molecule has 9 nitrogen and oxygen atoms in total. The first-order chi connectivity index (χ1) is 11.5. The number of benzene rings is 1. The maximum absolute atomic E-state index is 11.5. The molecule has 0 aliphatic rings. The van der Waals surface area contributed by atoms with Crippen LogP contribution in [0.25, 0.3) is 0 Å². The summed E-state index contributed by atoms with van der Waals surface area (Å²) in [6.07, 6.45) is -5.84. The number of ether oxygens (including phenoxy) is 2. The fourth-order valence-electron chi connectivity index (χ4n) is 1.62. The van der Waals surface area contributed by atoms with Gasteiger partial charge >= 0.3 is 12.1 Å². The Hall–Kier alpha value is -2.49. The third kappa shape index (κ3) is 6.73. The van der Waals surface area contributed by atoms with Crippen LogP contribution in [-0.4, -0.2) is 65.1 Å². The minimum absolute atomic E-state index is 0.0140. The van der Waals surface area contributed by atoms with E-state index in [-0.39, 0.29) is 12.9 Å². The zero-order valence-corrected chi connectivity index (χ0v) is 12.7. The van der Waals surface area contributed by atoms with Crippen LogP contribution in [-0.2, 0) is 25.7 Å². The molecule has 9 heteroatoms. The number of aliphatic hydroxyl groups excluding tert-OH is 3. The van der Waals surface area contributed by atoms with E-state index in [1.54, 1.807) is 24.3 Å². The molecule has 0 radical (unpaired) electrons. The lowest BCUT2D eigenvalue weighted by atomic mass is 10.1. The van der Waals surface area contributed by atoms with Crippen LogP contribution in [0.2, 0.25) is 0 Å². The van der Waals surface area contributed by atoms with Gasteiger partial charge in [-0.1, -0.05) is 30.3 Å². The van der Waals surface area contributed by atoms with E-state index in [1.807, 2.05) is 6.07 Å². The van der Waals surface area contributed by atoms with Gasteiger partial charge in [-0.15, -0.1) is 0 Å². The minimum Gasteiger partial charge on any atom is -0.450 e. The number of nitrogens with one attached hydrogen (secondary N) is 1. The smallest absolute Gasteiger partial charge is 0.407 e. The summed E-state index contributed by atoms with van der Waals surface area (Å²) < 4.78 is 9.46. The molecule has 3 atom stereocenters. The summed E-state index contributed by atoms with van der Waals surface area (Å²) in [4.78, 5) is 33.7. The standard InChI is InChI=1S/C15H19NO8/c17-7-11(19)14(21)12(8-18)24-13(20)6-16-15(22)23-9-10-4-2-1-3-5-10/h1-5,8,11-12,14,17,19,21H,6-7,9H2,(H,16,22)/t11-,12-,14-/m1/s1. The number of aliphatic hydroxyl groups is 3. The lowest BCUT2D eigenvalue weighted by molar-refractivity contribution is -0.162. The van der Waals surface area contributed by atoms with Crippen molar-refractivity contribution in [3.63, 3.8) is 0 Å². The normalized spacial score (nSPS) is 14.1. The third-order valence-corrected chi connectivity index (χ3v) is 2.91. The van der Waals surface area contributed by atoms with Crippen molar-refractivity contribution in [1.82, 2.24) is 5.32 Å². The van der Waals surface area contributed by atoms with E-state index in [0.29, 0.717) is 0 Å². The van der Waals surface area contributed by atoms with E-state index in [9.17, 15) is 24.6 Å². The average molecular weight is 341 g/mol. The second-order valence-corrected chi connectivity index (χ2v) is 4.75. The Morgan fingerprint density at radius 2 is 1.88 bits per heavy atom. The topological polar surface area (TPSA) is 142 Å². The fourth-order valence-corrected chi connectivity index (χ4v) is 1.62. The van der Waals surface area contributed by atoms with Gasteiger partial charge < -0.3 is 30.1 Å². The van der Waals surface area contributed by atoms with E-state index < -0.39 is 43.5 Å². The first-order valence-corrected chi connectivity index (χ1v) is 7.04. The second-order valence-electron chi connectivity index (χ2n) is 4.75. The number of alkyl carbamates (subject to hydrolysis) is 1. The molecule has 0 heterocycles. The van der Waals surface area contributed by atoms with Gasteiger partial charge in [-0.05, 0) is 5.56 Å². The summed E-state index contributed by atoms with van der Waals surface area (Å²) in [5.41, 5.74) is 0.761. The van der Waals surface area contributed by atoms with Crippen molar-refractivity contribution >= 4 is 18.3 Å². The molecular weight excluding hydrogens is 322 g/mol. The molecule has 1 aromatic rings. The highest BCUT2D eigenvalue weighted by Crippen LogP contribution is 2.03. The van der Waals surface area contributed by atoms with Crippen molar-refractivity contribution in [2.45, 2.75) is 24.9 Å². The summed E-state index contributed by atoms with van der Waals surface area (Å²) in [7, 11) is 0. The molecule has 24 heavy (non-hydrogen) atoms. The molecule has 0 bridgehead atoms. The van der Waals surface area contributed by atoms with E-state index >= 15 is 0 Å². The Kier molecular flexibility index (Phi) is 8.41. The molecule has 0 spiro atoms. The van der Waals surface area contributed by atoms with Gasteiger partial charge in [0.05, 0.1) is 6.61 Å². The molecule has 4 N–H and O–H groups in total. The van der Waals surface area contributed by atoms with Crippen LogP contribution in [0.4, 0.5) is 4.79 Å². The van der Waals surface area contributed by atoms with Gasteiger partial charge in [0, 0.05) is 0 Å². The van der Waals surface area contributed by atoms with Gasteiger partial charge in [-0.3, -0.25) is 9.59 Å². The third-order valence-electron chi connectivity index (χ3n) is 2.91. The van der Waals surface area contributed by atoms with Gasteiger partial charge in [0.1, 0.15) is 25.4 Å². The van der Waals surface area contributed by atoms with Crippen LogP contribution in [0, 0.1) is 0 Å². The zero-order chi connectivity index (χ0) is 17.9. The Labute approximate surface area is 137 Å². The summed E-state index contributed by atoms with van der Waals surface area (Å²) >= 11 is 0. The maximum Gasteiger partial charge on any atom is 0.407 e. The number of amides is 1. The first-order valence-electron chi connectivity index (χ1n) is 7.04. The largest absolute Gasteiger partial charge is 0.450 e. The lowest BCUT2D eigenvalue weighted by Gasteiger charge is -2.21. The molecular formula is C15H19NO8. The highest BCUT2D eigenvalue weighted by atomic mass is 16.6. The van der Waals surface area contributed by atoms with E-state index in [1.165, 1.54) is 0 Å². The first kappa shape index (κ1) is 19.6. The second kappa shape index (κ2) is 10.3. The molecule has 132 valence electrons. The minimum atomic E-state index is -1.78. The quantitative estimate of drug-likeness (QED) is 0.322. The number of aldehydes is 1. The van der Waals surface area contributed by atoms with Crippen molar-refractivity contribution in [1.29, 1.82) is 0 Å². The average Bonchev–Trinajstić information content (AvgIpc) is 2.62. The molecule has 0 saturated heterocycles. The number of carbonyl (C=O) groups excluding carboxylic acids is 3. The van der Waals surface area contributed by atoms with Crippen molar-refractivity contribution in [2.75, 3.05) is 13.2 Å². The summed E-state index contributed by atoms with van der Waals surface area (Å²) in [6.45, 7) is -1.40. The molecule has 1 amide bonds. The van der Waals surface area contributed by atoms with Crippen molar-refractivity contribution in [2.24, 2.45) is 0 Å². The number of carbonyl (C=O) groups is 3. The molecule has 0 fully saturated rings. The van der Waals surface area contributed by atoms with Gasteiger partial charge in [-0.2, -0.15) is 0 Å². The van der Waals surface area contributed by atoms with Gasteiger partial charge in [0.15, 0.2) is 12.4 Å². The summed E-state index contributed by atoms with van der Waals surface area (Å²) in [5, 5.41) is 29.5. The Balaban J connectivity index is 2.33. The zero-order valence-electron chi connectivity index (χ0n) is 12.7. The van der Waals surface area contributed by atoms with Crippen LogP contribution in [0.15, 0.2) is 30.3 Å². The number of hydrogen-bond donors (Lipinski definition) is 4. The van der Waals surface area contributed by atoms with Gasteiger partial charge in [0.25, 0.3) is 0 Å². The molecule has 0 unspecified atom stereocenters. The van der Waals surface area contributed by atoms with Crippen LogP contribution >= 0.6 is 0 Å². The van der Waals surface area contributed by atoms with Crippen molar-refractivity contribution in [3.8, 4) is 0 Å². The van der Waals surface area contributed by atoms with Crippen LogP contribution in [0.3, 0.4) is 0 Å². The Morgan fingerprint density at radius 3 is 2.46 bits per heavy atom. The Bertz CT molecular complexity index is 536. The predicted octanol–water partition coefficient (Wildman–Crippen LogP) is -1.26. The molecule has 1 rings (SSSR count). The van der Waals surface area contributed by atoms with Crippen LogP contribution in [0.1, 0.15) is 5.56 Å². The van der Waals surface area contributed by atoms with Gasteiger partial charge in [0.2, 0.25) is 0 Å². The summed E-state index contributed by atoms with van der Waals surface area (Å²) in [5.74, 6) is -1.02. The van der Waals surface area contributed by atoms with Crippen molar-refractivity contribution in [3.05, 3.63) is 35.9 Å². The van der Waals surface area contributed by atoms with Crippen LogP contribution < -0.4 is 5.32 Å². The molecule has 0 saturated carbocycles. The molecule has 0 aromatic heterocycles. The maximum atomic E-state index is 11.5. The number of esters is 1. The lowest BCUT2D eigenvalue weighted by Crippen LogP contribution is -2.44. The monoisotopic (exact) mass is 341 g/mol. The predicted molar refractivity (Wildman–Crippen MR) is 79.7 cm³/mol. The molecule has 0 aliphatic heterocycles. The fraction of sp³-hybridized carbons (Fsp3) is 0.400. The highest BCUT2D eigenvalue weighted by Gasteiger charge is 2.29. The van der Waals surface area contributed by atoms with E-state index in [0.717, 1.165) is 5.56 Å². The molecule has 1 aromatic carbocycles. The number of rotatable bonds is 9. The highest BCUT2D eigenvalue weighted by molar-refractivity contribution is 5.79. The van der Waals surface area contributed by atoms with Crippen LogP contribution in [0.5, 0.6) is 0 Å².